The fraction of sp³-hybridized carbons (Fsp3) is 0.385. The number of aryl methyl sites for hydroxylation is 1. The first-order valence-corrected chi connectivity index (χ1v) is 5.04. The second-order valence-electron chi connectivity index (χ2n) is 4.03. The minimum atomic E-state index is 0.570. The Morgan fingerprint density at radius 3 is 2.43 bits per heavy atom. The van der Waals surface area contributed by atoms with Gasteiger partial charge in [-0.1, -0.05) is 26.5 Å². The van der Waals surface area contributed by atoms with E-state index in [1.807, 2.05) is 0 Å². The summed E-state index contributed by atoms with van der Waals surface area (Å²) in [6.07, 6.45) is 1.73. The molecule has 0 aliphatic rings. The minimum Gasteiger partial charge on any atom is -0.362 e. The molecule has 0 heterocycles. The average molecular weight is 189 g/mol. The molecule has 1 aromatic rings. The molecule has 1 nitrogen and oxygen atoms in total. The summed E-state index contributed by atoms with van der Waals surface area (Å²) < 4.78 is 0. The molecule has 0 fully saturated rings. The van der Waals surface area contributed by atoms with E-state index in [-0.39, 0.29) is 0 Å². The summed E-state index contributed by atoms with van der Waals surface area (Å²) in [6, 6.07) is 4.41. The van der Waals surface area contributed by atoms with Crippen LogP contribution >= 0.6 is 0 Å². The number of benzene rings is 1. The third-order valence-electron chi connectivity index (χ3n) is 2.47. The Kier molecular flexibility index (Phi) is 3.34. The zero-order valence-corrected chi connectivity index (χ0v) is 9.52. The molecule has 0 amide bonds. The van der Waals surface area contributed by atoms with Crippen LogP contribution in [-0.4, -0.2) is 0 Å². The zero-order chi connectivity index (χ0) is 10.7. The number of nitrogens with one attached hydrogen (secondary N) is 1. The molecule has 0 saturated heterocycles. The summed E-state index contributed by atoms with van der Waals surface area (Å²) in [6.45, 7) is 12.4. The van der Waals surface area contributed by atoms with Crippen LogP contribution in [0, 0.1) is 13.8 Å². The summed E-state index contributed by atoms with van der Waals surface area (Å²) in [5.41, 5.74) is 5.20. The zero-order valence-electron chi connectivity index (χ0n) is 9.52. The van der Waals surface area contributed by atoms with Gasteiger partial charge in [-0.15, -0.1) is 0 Å². The van der Waals surface area contributed by atoms with E-state index in [2.05, 4.69) is 51.7 Å². The molecule has 0 unspecified atom stereocenters. The van der Waals surface area contributed by atoms with Crippen LogP contribution < -0.4 is 5.32 Å². The van der Waals surface area contributed by atoms with Crippen LogP contribution in [0.1, 0.15) is 36.5 Å². The van der Waals surface area contributed by atoms with Gasteiger partial charge in [0.25, 0.3) is 0 Å². The van der Waals surface area contributed by atoms with Gasteiger partial charge in [0.1, 0.15) is 0 Å². The van der Waals surface area contributed by atoms with Crippen molar-refractivity contribution in [3.8, 4) is 0 Å². The van der Waals surface area contributed by atoms with Gasteiger partial charge in [0.05, 0.1) is 0 Å². The largest absolute Gasteiger partial charge is 0.362 e. The second kappa shape index (κ2) is 4.32. The number of anilines is 1. The molecule has 76 valence electrons. The lowest BCUT2D eigenvalue weighted by atomic mass is 9.94. The van der Waals surface area contributed by atoms with Crippen molar-refractivity contribution in [2.45, 2.75) is 33.6 Å². The van der Waals surface area contributed by atoms with Gasteiger partial charge in [-0.3, -0.25) is 0 Å². The molecule has 0 atom stereocenters. The highest BCUT2D eigenvalue weighted by Gasteiger charge is 2.07. The van der Waals surface area contributed by atoms with Gasteiger partial charge in [0.15, 0.2) is 0 Å². The number of hydrogen-bond acceptors (Lipinski definition) is 1. The van der Waals surface area contributed by atoms with E-state index >= 15 is 0 Å². The second-order valence-corrected chi connectivity index (χ2v) is 4.03. The van der Waals surface area contributed by atoms with Gasteiger partial charge in [-0.05, 0) is 48.7 Å². The Hall–Kier alpha value is -1.24. The molecule has 0 saturated carbocycles. The van der Waals surface area contributed by atoms with Crippen molar-refractivity contribution in [1.29, 1.82) is 0 Å². The van der Waals surface area contributed by atoms with Crippen LogP contribution in [-0.2, 0) is 0 Å². The van der Waals surface area contributed by atoms with Crippen molar-refractivity contribution in [3.05, 3.63) is 41.6 Å². The molecule has 0 aliphatic heterocycles. The summed E-state index contributed by atoms with van der Waals surface area (Å²) >= 11 is 0. The van der Waals surface area contributed by atoms with E-state index in [0.717, 1.165) is 0 Å². The van der Waals surface area contributed by atoms with Gasteiger partial charge in [-0.25, -0.2) is 0 Å². The smallest absolute Gasteiger partial charge is 0.0414 e. The quantitative estimate of drug-likeness (QED) is 0.758. The van der Waals surface area contributed by atoms with Crippen LogP contribution in [0.4, 0.5) is 5.69 Å². The van der Waals surface area contributed by atoms with Crippen molar-refractivity contribution < 1.29 is 0 Å². The SMILES string of the molecule is C=CNc1cc(C)cc(C(C)C)c1C. The lowest BCUT2D eigenvalue weighted by Crippen LogP contribution is -1.98. The van der Waals surface area contributed by atoms with Gasteiger partial charge in [0, 0.05) is 5.69 Å². The van der Waals surface area contributed by atoms with Gasteiger partial charge in [-0.2, -0.15) is 0 Å². The highest BCUT2D eigenvalue weighted by molar-refractivity contribution is 5.58. The normalized spacial score (nSPS) is 10.4. The van der Waals surface area contributed by atoms with E-state index in [0.29, 0.717) is 5.92 Å². The van der Waals surface area contributed by atoms with Crippen molar-refractivity contribution in [1.82, 2.24) is 0 Å². The Morgan fingerprint density at radius 2 is 1.93 bits per heavy atom. The summed E-state index contributed by atoms with van der Waals surface area (Å²) in [4.78, 5) is 0. The summed E-state index contributed by atoms with van der Waals surface area (Å²) in [5, 5.41) is 3.18. The molecule has 1 aromatic carbocycles. The highest BCUT2D eigenvalue weighted by Crippen LogP contribution is 2.27. The Bertz CT molecular complexity index is 337. The average Bonchev–Trinajstić information content (AvgIpc) is 2.10. The maximum absolute atomic E-state index is 3.69. The van der Waals surface area contributed by atoms with E-state index in [9.17, 15) is 0 Å². The number of hydrogen-bond donors (Lipinski definition) is 1. The predicted molar refractivity (Wildman–Crippen MR) is 63.8 cm³/mol. The first-order valence-electron chi connectivity index (χ1n) is 5.04. The maximum atomic E-state index is 3.69. The summed E-state index contributed by atoms with van der Waals surface area (Å²) in [5.74, 6) is 0.570. The first-order chi connectivity index (χ1) is 6.56. The molecule has 0 aliphatic carbocycles. The molecule has 0 bridgehead atoms. The maximum Gasteiger partial charge on any atom is 0.0414 e. The molecule has 1 N–H and O–H groups in total. The molecule has 14 heavy (non-hydrogen) atoms. The van der Waals surface area contributed by atoms with Crippen LogP contribution in [0.2, 0.25) is 0 Å². The molecule has 0 aromatic heterocycles. The standard InChI is InChI=1S/C13H19N/c1-6-14-13-8-10(4)7-12(9(2)3)11(13)5/h6-9,14H,1H2,2-5H3. The minimum absolute atomic E-state index is 0.570. The monoisotopic (exact) mass is 189 g/mol. The third kappa shape index (κ3) is 2.16. The van der Waals surface area contributed by atoms with Crippen molar-refractivity contribution in [2.24, 2.45) is 0 Å². The van der Waals surface area contributed by atoms with E-state index in [1.54, 1.807) is 6.20 Å². The van der Waals surface area contributed by atoms with Crippen molar-refractivity contribution >= 4 is 5.69 Å². The molecule has 0 spiro atoms. The highest BCUT2D eigenvalue weighted by atomic mass is 14.8. The topological polar surface area (TPSA) is 12.0 Å². The number of rotatable bonds is 3. The van der Waals surface area contributed by atoms with Crippen molar-refractivity contribution in [2.75, 3.05) is 5.32 Å². The van der Waals surface area contributed by atoms with Gasteiger partial charge >= 0.3 is 0 Å². The lowest BCUT2D eigenvalue weighted by Gasteiger charge is -2.15. The first kappa shape index (κ1) is 10.8. The summed E-state index contributed by atoms with van der Waals surface area (Å²) in [7, 11) is 0. The van der Waals surface area contributed by atoms with Crippen LogP contribution in [0.25, 0.3) is 0 Å². The molecule has 1 heteroatoms. The Labute approximate surface area is 86.8 Å². The van der Waals surface area contributed by atoms with Crippen molar-refractivity contribution in [3.63, 3.8) is 0 Å². The van der Waals surface area contributed by atoms with E-state index < -0.39 is 0 Å². The molecular formula is C13H19N. The fourth-order valence-electron chi connectivity index (χ4n) is 1.75. The lowest BCUT2D eigenvalue weighted by molar-refractivity contribution is 0.855. The molecular weight excluding hydrogens is 170 g/mol. The fourth-order valence-corrected chi connectivity index (χ4v) is 1.75. The Balaban J connectivity index is 3.24. The van der Waals surface area contributed by atoms with Crippen LogP contribution in [0.3, 0.4) is 0 Å². The van der Waals surface area contributed by atoms with Crippen LogP contribution in [0.15, 0.2) is 24.9 Å². The molecule has 1 rings (SSSR count). The van der Waals surface area contributed by atoms with E-state index in [1.165, 1.54) is 22.4 Å². The van der Waals surface area contributed by atoms with Gasteiger partial charge < -0.3 is 5.32 Å². The molecule has 0 radical (unpaired) electrons. The predicted octanol–water partition coefficient (Wildman–Crippen LogP) is 3.98. The van der Waals surface area contributed by atoms with E-state index in [4.69, 9.17) is 0 Å². The third-order valence-corrected chi connectivity index (χ3v) is 2.47. The van der Waals surface area contributed by atoms with Crippen LogP contribution in [0.5, 0.6) is 0 Å². The Morgan fingerprint density at radius 1 is 1.29 bits per heavy atom. The van der Waals surface area contributed by atoms with Gasteiger partial charge in [0.2, 0.25) is 0 Å².